The quantitative estimate of drug-likeness (QED) is 0.630. The number of rotatable bonds is 7. The van der Waals surface area contributed by atoms with Crippen molar-refractivity contribution in [3.63, 3.8) is 0 Å². The van der Waals surface area contributed by atoms with Crippen molar-refractivity contribution in [1.29, 1.82) is 0 Å². The molecule has 0 atom stereocenters. The number of hydrogen-bond acceptors (Lipinski definition) is 4. The van der Waals surface area contributed by atoms with Gasteiger partial charge in [-0.15, -0.1) is 10.2 Å². The van der Waals surface area contributed by atoms with Crippen molar-refractivity contribution in [2.75, 3.05) is 5.75 Å². The van der Waals surface area contributed by atoms with E-state index in [-0.39, 0.29) is 23.5 Å². The van der Waals surface area contributed by atoms with Crippen LogP contribution in [-0.2, 0) is 11.3 Å². The van der Waals surface area contributed by atoms with Crippen LogP contribution in [0.4, 0.5) is 4.39 Å². The summed E-state index contributed by atoms with van der Waals surface area (Å²) in [6.45, 7) is 4.32. The topological polar surface area (TPSA) is 59.8 Å². The molecule has 3 aromatic rings. The molecule has 0 aliphatic heterocycles. The highest BCUT2D eigenvalue weighted by atomic mass is 32.2. The second-order valence-electron chi connectivity index (χ2n) is 6.37. The number of carbonyl (C=O) groups is 1. The molecule has 0 fully saturated rings. The van der Waals surface area contributed by atoms with Gasteiger partial charge in [0.1, 0.15) is 5.82 Å². The summed E-state index contributed by atoms with van der Waals surface area (Å²) in [4.78, 5) is 12.0. The van der Waals surface area contributed by atoms with Crippen LogP contribution in [0.2, 0.25) is 0 Å². The summed E-state index contributed by atoms with van der Waals surface area (Å²) in [5.74, 6) is 0.247. The molecule has 0 radical (unpaired) electrons. The summed E-state index contributed by atoms with van der Waals surface area (Å²) in [7, 11) is 0. The third-order valence-electron chi connectivity index (χ3n) is 3.80. The zero-order valence-electron chi connectivity index (χ0n) is 15.2. The molecule has 2 aromatic carbocycles. The number of benzene rings is 2. The van der Waals surface area contributed by atoms with Crippen LogP contribution < -0.4 is 5.32 Å². The third kappa shape index (κ3) is 4.95. The van der Waals surface area contributed by atoms with Gasteiger partial charge in [0, 0.05) is 6.04 Å². The molecule has 0 saturated heterocycles. The lowest BCUT2D eigenvalue weighted by molar-refractivity contribution is -0.119. The first-order chi connectivity index (χ1) is 13.0. The van der Waals surface area contributed by atoms with E-state index in [0.29, 0.717) is 23.1 Å². The predicted octanol–water partition coefficient (Wildman–Crippen LogP) is 3.75. The minimum absolute atomic E-state index is 0.0725. The minimum atomic E-state index is -0.353. The molecule has 0 bridgehead atoms. The van der Waals surface area contributed by atoms with Gasteiger partial charge in [-0.25, -0.2) is 4.39 Å². The molecule has 0 saturated carbocycles. The first kappa shape index (κ1) is 19.1. The second kappa shape index (κ2) is 8.81. The number of halogens is 1. The largest absolute Gasteiger partial charge is 0.353 e. The van der Waals surface area contributed by atoms with Gasteiger partial charge in [0.15, 0.2) is 11.0 Å². The number of thioether (sulfide) groups is 1. The normalized spacial score (nSPS) is 11.0. The van der Waals surface area contributed by atoms with Crippen LogP contribution >= 0.6 is 11.8 Å². The van der Waals surface area contributed by atoms with E-state index in [9.17, 15) is 9.18 Å². The molecule has 1 amide bonds. The molecule has 0 aliphatic carbocycles. The van der Waals surface area contributed by atoms with Gasteiger partial charge in [0.25, 0.3) is 0 Å². The zero-order chi connectivity index (χ0) is 19.2. The molecular weight excluding hydrogens is 363 g/mol. The van der Waals surface area contributed by atoms with Gasteiger partial charge in [-0.1, -0.05) is 54.2 Å². The van der Waals surface area contributed by atoms with E-state index in [2.05, 4.69) is 15.5 Å². The standard InChI is InChI=1S/C20H21FN4OS/c1-14(2)22-18(26)13-27-20-24-23-19(16-10-6-7-11-17(16)21)25(20)12-15-8-4-3-5-9-15/h3-11,14H,12-13H2,1-2H3,(H,22,26). The molecule has 1 N–H and O–H groups in total. The maximum Gasteiger partial charge on any atom is 0.230 e. The number of aromatic nitrogens is 3. The molecule has 3 rings (SSSR count). The van der Waals surface area contributed by atoms with E-state index in [4.69, 9.17) is 0 Å². The number of nitrogens with one attached hydrogen (secondary N) is 1. The Morgan fingerprint density at radius 2 is 1.81 bits per heavy atom. The van der Waals surface area contributed by atoms with Crippen LogP contribution in [0.5, 0.6) is 0 Å². The molecule has 27 heavy (non-hydrogen) atoms. The smallest absolute Gasteiger partial charge is 0.230 e. The SMILES string of the molecule is CC(C)NC(=O)CSc1nnc(-c2ccccc2F)n1Cc1ccccc1. The number of amides is 1. The molecular formula is C20H21FN4OS. The Labute approximate surface area is 162 Å². The predicted molar refractivity (Wildman–Crippen MR) is 105 cm³/mol. The third-order valence-corrected chi connectivity index (χ3v) is 4.76. The molecule has 0 aliphatic rings. The van der Waals surface area contributed by atoms with E-state index in [0.717, 1.165) is 5.56 Å². The van der Waals surface area contributed by atoms with Gasteiger partial charge in [-0.2, -0.15) is 0 Å². The fourth-order valence-electron chi connectivity index (χ4n) is 2.64. The van der Waals surface area contributed by atoms with Crippen LogP contribution in [0.15, 0.2) is 59.8 Å². The van der Waals surface area contributed by atoms with E-state index in [1.54, 1.807) is 18.2 Å². The maximum atomic E-state index is 14.3. The van der Waals surface area contributed by atoms with Gasteiger partial charge in [-0.3, -0.25) is 9.36 Å². The Hall–Kier alpha value is -2.67. The summed E-state index contributed by atoms with van der Waals surface area (Å²) in [5.41, 5.74) is 1.43. The first-order valence-corrected chi connectivity index (χ1v) is 9.67. The molecule has 0 spiro atoms. The Morgan fingerprint density at radius 1 is 1.11 bits per heavy atom. The zero-order valence-corrected chi connectivity index (χ0v) is 16.0. The lowest BCUT2D eigenvalue weighted by Crippen LogP contribution is -2.31. The van der Waals surface area contributed by atoms with Crippen LogP contribution in [0, 0.1) is 5.82 Å². The Kier molecular flexibility index (Phi) is 6.24. The molecule has 5 nitrogen and oxygen atoms in total. The first-order valence-electron chi connectivity index (χ1n) is 8.69. The van der Waals surface area contributed by atoms with Crippen molar-refractivity contribution in [2.24, 2.45) is 0 Å². The molecule has 140 valence electrons. The summed E-state index contributed by atoms with van der Waals surface area (Å²) < 4.78 is 16.2. The fraction of sp³-hybridized carbons (Fsp3) is 0.250. The Balaban J connectivity index is 1.91. The van der Waals surface area contributed by atoms with Crippen LogP contribution in [-0.4, -0.2) is 32.5 Å². The van der Waals surface area contributed by atoms with Crippen molar-refractivity contribution in [3.8, 4) is 11.4 Å². The average molecular weight is 384 g/mol. The van der Waals surface area contributed by atoms with Crippen molar-refractivity contribution < 1.29 is 9.18 Å². The highest BCUT2D eigenvalue weighted by molar-refractivity contribution is 7.99. The van der Waals surface area contributed by atoms with Gasteiger partial charge < -0.3 is 5.32 Å². The lowest BCUT2D eigenvalue weighted by Gasteiger charge is -2.11. The molecule has 0 unspecified atom stereocenters. The number of nitrogens with zero attached hydrogens (tertiary/aromatic N) is 3. The highest BCUT2D eigenvalue weighted by Gasteiger charge is 2.18. The summed E-state index contributed by atoms with van der Waals surface area (Å²) in [5, 5.41) is 11.8. The van der Waals surface area contributed by atoms with Gasteiger partial charge in [-0.05, 0) is 31.5 Å². The van der Waals surface area contributed by atoms with Crippen LogP contribution in [0.1, 0.15) is 19.4 Å². The van der Waals surface area contributed by atoms with E-state index < -0.39 is 0 Å². The van der Waals surface area contributed by atoms with Crippen molar-refractivity contribution in [1.82, 2.24) is 20.1 Å². The molecule has 1 heterocycles. The monoisotopic (exact) mass is 384 g/mol. The fourth-order valence-corrected chi connectivity index (χ4v) is 3.39. The van der Waals surface area contributed by atoms with Crippen LogP contribution in [0.25, 0.3) is 11.4 Å². The number of carbonyl (C=O) groups excluding carboxylic acids is 1. The van der Waals surface area contributed by atoms with Gasteiger partial charge >= 0.3 is 0 Å². The van der Waals surface area contributed by atoms with Gasteiger partial charge in [0.05, 0.1) is 17.9 Å². The highest BCUT2D eigenvalue weighted by Crippen LogP contribution is 2.26. The van der Waals surface area contributed by atoms with Crippen molar-refractivity contribution in [3.05, 3.63) is 66.0 Å². The van der Waals surface area contributed by atoms with E-state index >= 15 is 0 Å². The average Bonchev–Trinajstić information content (AvgIpc) is 3.03. The van der Waals surface area contributed by atoms with Crippen molar-refractivity contribution in [2.45, 2.75) is 31.6 Å². The van der Waals surface area contributed by atoms with E-state index in [1.807, 2.05) is 48.7 Å². The Bertz CT molecular complexity index is 911. The maximum absolute atomic E-state index is 14.3. The van der Waals surface area contributed by atoms with Gasteiger partial charge in [0.2, 0.25) is 5.91 Å². The summed E-state index contributed by atoms with van der Waals surface area (Å²) >= 11 is 1.29. The molecule has 1 aromatic heterocycles. The minimum Gasteiger partial charge on any atom is -0.353 e. The van der Waals surface area contributed by atoms with Crippen molar-refractivity contribution >= 4 is 17.7 Å². The Morgan fingerprint density at radius 3 is 2.52 bits per heavy atom. The summed E-state index contributed by atoms with van der Waals surface area (Å²) in [6.07, 6.45) is 0. The van der Waals surface area contributed by atoms with Crippen LogP contribution in [0.3, 0.4) is 0 Å². The molecule has 7 heteroatoms. The number of hydrogen-bond donors (Lipinski definition) is 1. The lowest BCUT2D eigenvalue weighted by atomic mass is 10.2. The van der Waals surface area contributed by atoms with E-state index in [1.165, 1.54) is 17.8 Å². The second-order valence-corrected chi connectivity index (χ2v) is 7.31. The summed E-state index contributed by atoms with van der Waals surface area (Å²) in [6, 6.07) is 16.4.